The first-order chi connectivity index (χ1) is 23.8. The minimum Gasteiger partial charge on any atom is -0.497 e. The number of aliphatic hydroxyl groups is 1. The van der Waals surface area contributed by atoms with Gasteiger partial charge in [-0.25, -0.2) is 9.59 Å². The number of Topliss-reactive ketones (excluding diaryl/α,β-unsaturated/α-hetero) is 3. The van der Waals surface area contributed by atoms with Gasteiger partial charge < -0.3 is 34.3 Å². The Morgan fingerprint density at radius 1 is 0.840 bits per heavy atom. The summed E-state index contributed by atoms with van der Waals surface area (Å²) in [5.41, 5.74) is -3.95. The van der Waals surface area contributed by atoms with Gasteiger partial charge in [-0.3, -0.25) is 14.4 Å². The Morgan fingerprint density at radius 2 is 1.44 bits per heavy atom. The normalized spacial score (nSPS) is 41.0. The molecule has 3 aliphatic carbocycles. The van der Waals surface area contributed by atoms with Gasteiger partial charge in [0.1, 0.15) is 23.7 Å². The number of carboxylic acids is 2. The van der Waals surface area contributed by atoms with Crippen molar-refractivity contribution >= 4 is 29.3 Å². The Hall–Kier alpha value is -3.45. The second-order valence-electron chi connectivity index (χ2n) is 15.1. The van der Waals surface area contributed by atoms with Crippen LogP contribution in [0, 0.1) is 17.3 Å². The van der Waals surface area contributed by atoms with Crippen molar-refractivity contribution in [2.75, 3.05) is 0 Å². The molecule has 8 rings (SSSR count). The van der Waals surface area contributed by atoms with Crippen LogP contribution in [0.25, 0.3) is 0 Å². The number of unbranched alkanes of at least 4 members (excludes halogenated alkanes) is 4. The molecule has 12 heteroatoms. The highest BCUT2D eigenvalue weighted by Crippen LogP contribution is 2.71. The Balaban J connectivity index is 1.40. The first kappa shape index (κ1) is 35.0. The van der Waals surface area contributed by atoms with Crippen molar-refractivity contribution in [1.82, 2.24) is 0 Å². The van der Waals surface area contributed by atoms with Gasteiger partial charge >= 0.3 is 11.9 Å². The Labute approximate surface area is 290 Å². The summed E-state index contributed by atoms with van der Waals surface area (Å²) in [6.07, 6.45) is 4.73. The Kier molecular flexibility index (Phi) is 8.64. The second-order valence-corrected chi connectivity index (χ2v) is 15.1. The molecule has 3 saturated heterocycles. The van der Waals surface area contributed by atoms with E-state index in [0.29, 0.717) is 18.4 Å². The van der Waals surface area contributed by atoms with Crippen LogP contribution in [-0.4, -0.2) is 92.4 Å². The molecule has 1 saturated carbocycles. The lowest BCUT2D eigenvalue weighted by atomic mass is 9.43. The number of hydrogen-bond donors (Lipinski definition) is 3. The number of aliphatic hydroxyl groups excluding tert-OH is 1. The van der Waals surface area contributed by atoms with Crippen molar-refractivity contribution < 1.29 is 58.2 Å². The van der Waals surface area contributed by atoms with Gasteiger partial charge in [0, 0.05) is 47.0 Å². The van der Waals surface area contributed by atoms with E-state index in [1.54, 1.807) is 0 Å². The molecule has 2 bridgehead atoms. The van der Waals surface area contributed by atoms with Crippen molar-refractivity contribution in [3.63, 3.8) is 0 Å². The second kappa shape index (κ2) is 12.4. The molecule has 11 atom stereocenters. The Bertz CT molecular complexity index is 1670. The summed E-state index contributed by atoms with van der Waals surface area (Å²) < 4.78 is 25.3. The fraction of sp³-hybridized carbons (Fsp3) is 0.658. The molecule has 4 fully saturated rings. The SMILES string of the molecule is CCCCC[C@@H]1O[C@@H]2C3=C(C(=O)[C@@]4(C/C=C(\C)C(=O)O)O[C@H]4[C@H]3O)[C@H]1[C@@H]1[C@@H](CCCCC)OC=C3C(=O)C4O[C@]4(C/C=C(\C)C(=O)O)C(=O)[C@]312. The predicted octanol–water partition coefficient (Wildman–Crippen LogP) is 3.94. The fourth-order valence-electron chi connectivity index (χ4n) is 9.67. The summed E-state index contributed by atoms with van der Waals surface area (Å²) in [5, 5.41) is 31.1. The lowest BCUT2D eigenvalue weighted by Gasteiger charge is -2.64. The van der Waals surface area contributed by atoms with Gasteiger partial charge in [-0.1, -0.05) is 58.1 Å². The van der Waals surface area contributed by atoms with E-state index in [9.17, 15) is 34.5 Å². The smallest absolute Gasteiger partial charge is 0.330 e. The molecule has 0 aromatic rings. The van der Waals surface area contributed by atoms with Crippen molar-refractivity contribution in [2.24, 2.45) is 17.3 Å². The number of epoxide rings is 2. The molecule has 1 spiro atoms. The van der Waals surface area contributed by atoms with Crippen molar-refractivity contribution in [3.8, 4) is 0 Å². The van der Waals surface area contributed by atoms with E-state index in [2.05, 4.69) is 13.8 Å². The van der Waals surface area contributed by atoms with Crippen LogP contribution < -0.4 is 0 Å². The number of ether oxygens (including phenoxy) is 4. The standard InChI is InChI=1S/C38H46O12/c1-5-7-9-11-21-23-24-25(28(40)32-36(49-32,29(24)41)15-13-18(3)33(42)43)30(48-21)38-20(17-47-22(26(23)38)12-10-8-6-2)27(39)31-37(50-31,35(38)46)16-14-19(4)34(44)45/h13-14,17,21-23,26,28,30-32,40H,5-12,15-16H2,1-4H3,(H,42,43)(H,44,45)/b18-13+,19-14+/t21-,22+,23-,26-,28-,30+,31?,32-,36+,37-,38+/m0/s1. The Morgan fingerprint density at radius 3 is 2.04 bits per heavy atom. The largest absolute Gasteiger partial charge is 0.497 e. The highest BCUT2D eigenvalue weighted by Gasteiger charge is 2.84. The van der Waals surface area contributed by atoms with E-state index in [0.717, 1.165) is 38.5 Å². The van der Waals surface area contributed by atoms with Crippen LogP contribution in [0.4, 0.5) is 0 Å². The number of ketones is 3. The minimum absolute atomic E-state index is 0.0128. The van der Waals surface area contributed by atoms with E-state index in [1.807, 2.05) is 0 Å². The van der Waals surface area contributed by atoms with Gasteiger partial charge in [0.25, 0.3) is 0 Å². The van der Waals surface area contributed by atoms with Crippen LogP contribution in [-0.2, 0) is 42.9 Å². The summed E-state index contributed by atoms with van der Waals surface area (Å²) >= 11 is 0. The molecule has 12 nitrogen and oxygen atoms in total. The molecule has 5 heterocycles. The number of hydrogen-bond acceptors (Lipinski definition) is 10. The number of fused-ring (bicyclic) bond motifs is 3. The van der Waals surface area contributed by atoms with Gasteiger partial charge in [0.05, 0.1) is 18.5 Å². The summed E-state index contributed by atoms with van der Waals surface area (Å²) in [6.45, 7) is 7.01. The lowest BCUT2D eigenvalue weighted by Crippen LogP contribution is -2.74. The van der Waals surface area contributed by atoms with Crippen LogP contribution in [0.1, 0.15) is 91.9 Å². The van der Waals surface area contributed by atoms with E-state index >= 15 is 4.79 Å². The zero-order chi connectivity index (χ0) is 35.9. The molecule has 0 amide bonds. The van der Waals surface area contributed by atoms with Crippen LogP contribution in [0.3, 0.4) is 0 Å². The molecular formula is C38H46O12. The van der Waals surface area contributed by atoms with E-state index in [-0.39, 0.29) is 40.9 Å². The summed E-state index contributed by atoms with van der Waals surface area (Å²) in [7, 11) is 0. The number of carboxylic acid groups (broad SMARTS) is 2. The van der Waals surface area contributed by atoms with Gasteiger partial charge in [-0.2, -0.15) is 0 Å². The van der Waals surface area contributed by atoms with Crippen LogP contribution >= 0.6 is 0 Å². The molecule has 3 N–H and O–H groups in total. The van der Waals surface area contributed by atoms with Gasteiger partial charge in [0.2, 0.25) is 0 Å². The zero-order valence-electron chi connectivity index (χ0n) is 28.9. The average molecular weight is 695 g/mol. The number of aliphatic carboxylic acids is 2. The molecule has 0 radical (unpaired) electrons. The van der Waals surface area contributed by atoms with Crippen molar-refractivity contribution in [3.05, 3.63) is 46.3 Å². The average Bonchev–Trinajstić information content (AvgIpc) is 4.02. The van der Waals surface area contributed by atoms with Gasteiger partial charge in [0.15, 0.2) is 34.7 Å². The molecule has 50 heavy (non-hydrogen) atoms. The van der Waals surface area contributed by atoms with Gasteiger partial charge in [-0.05, 0) is 38.7 Å². The maximum atomic E-state index is 15.4. The third kappa shape index (κ3) is 4.74. The molecule has 270 valence electrons. The monoisotopic (exact) mass is 694 g/mol. The molecule has 1 unspecified atom stereocenters. The first-order valence-corrected chi connectivity index (χ1v) is 18.1. The third-order valence-corrected chi connectivity index (χ3v) is 12.4. The van der Waals surface area contributed by atoms with Crippen LogP contribution in [0.2, 0.25) is 0 Å². The van der Waals surface area contributed by atoms with E-state index < -0.39 is 88.6 Å². The molecule has 0 aromatic carbocycles. The zero-order valence-corrected chi connectivity index (χ0v) is 28.9. The van der Waals surface area contributed by atoms with Gasteiger partial charge in [-0.15, -0.1) is 0 Å². The minimum atomic E-state index is -1.65. The van der Waals surface area contributed by atoms with Crippen molar-refractivity contribution in [1.29, 1.82) is 0 Å². The summed E-state index contributed by atoms with van der Waals surface area (Å²) in [5.74, 6) is -4.93. The lowest BCUT2D eigenvalue weighted by molar-refractivity contribution is -0.216. The fourth-order valence-corrected chi connectivity index (χ4v) is 9.67. The highest BCUT2D eigenvalue weighted by molar-refractivity contribution is 6.20. The number of carbonyl (C=O) groups is 5. The van der Waals surface area contributed by atoms with E-state index in [4.69, 9.17) is 18.9 Å². The van der Waals surface area contributed by atoms with Crippen molar-refractivity contribution in [2.45, 2.75) is 140 Å². The third-order valence-electron chi connectivity index (χ3n) is 12.4. The topological polar surface area (TPSA) is 190 Å². The molecule has 5 aliphatic heterocycles. The maximum Gasteiger partial charge on any atom is 0.330 e. The first-order valence-electron chi connectivity index (χ1n) is 18.1. The highest BCUT2D eigenvalue weighted by atomic mass is 16.6. The molecular weight excluding hydrogens is 648 g/mol. The summed E-state index contributed by atoms with van der Waals surface area (Å²) in [4.78, 5) is 67.8. The molecule has 8 aliphatic rings. The van der Waals surface area contributed by atoms with Crippen LogP contribution in [0.5, 0.6) is 0 Å². The molecule has 0 aromatic heterocycles. The quantitative estimate of drug-likeness (QED) is 0.135. The maximum absolute atomic E-state index is 15.4. The number of carbonyl (C=O) groups excluding carboxylic acids is 3. The number of rotatable bonds is 14. The van der Waals surface area contributed by atoms with E-state index in [1.165, 1.54) is 32.3 Å². The van der Waals surface area contributed by atoms with Crippen LogP contribution in [0.15, 0.2) is 46.3 Å². The predicted molar refractivity (Wildman–Crippen MR) is 175 cm³/mol. The summed E-state index contributed by atoms with van der Waals surface area (Å²) in [6, 6.07) is 0.